The first-order valence-corrected chi connectivity index (χ1v) is 12.8. The van der Waals surface area contributed by atoms with E-state index in [1.807, 2.05) is 0 Å². The Morgan fingerprint density at radius 1 is 0.771 bits per heavy atom. The molecule has 182 valence electrons. The van der Waals surface area contributed by atoms with E-state index in [2.05, 4.69) is 10.6 Å². The van der Waals surface area contributed by atoms with Crippen molar-refractivity contribution in [1.29, 1.82) is 0 Å². The van der Waals surface area contributed by atoms with Crippen molar-refractivity contribution >= 4 is 33.2 Å². The number of hydrogen-bond donors (Lipinski definition) is 2. The SMILES string of the molecule is COc1ccc(NC(=O)c2ccc(NC(=O)c3cccc(S(=O)(=O)N4CCCCC4)c3)cc2)cc1. The highest BCUT2D eigenvalue weighted by Gasteiger charge is 2.26. The Labute approximate surface area is 205 Å². The fraction of sp³-hybridized carbons (Fsp3) is 0.231. The van der Waals surface area contributed by atoms with Crippen LogP contribution in [0.2, 0.25) is 0 Å². The van der Waals surface area contributed by atoms with Gasteiger partial charge >= 0.3 is 0 Å². The number of ether oxygens (including phenoxy) is 1. The Hall–Kier alpha value is -3.69. The molecule has 0 bridgehead atoms. The molecule has 4 rings (SSSR count). The van der Waals surface area contributed by atoms with Crippen molar-refractivity contribution in [3.63, 3.8) is 0 Å². The summed E-state index contributed by atoms with van der Waals surface area (Å²) in [7, 11) is -2.06. The summed E-state index contributed by atoms with van der Waals surface area (Å²) in [5.74, 6) is -0.0301. The number of sulfonamides is 1. The van der Waals surface area contributed by atoms with E-state index < -0.39 is 15.9 Å². The molecule has 3 aromatic carbocycles. The van der Waals surface area contributed by atoms with Gasteiger partial charge in [0.05, 0.1) is 12.0 Å². The second kappa shape index (κ2) is 10.7. The maximum atomic E-state index is 12.9. The Morgan fingerprint density at radius 2 is 1.34 bits per heavy atom. The third kappa shape index (κ3) is 5.87. The lowest BCUT2D eigenvalue weighted by molar-refractivity contribution is 0.101. The second-order valence-corrected chi connectivity index (χ2v) is 10.1. The van der Waals surface area contributed by atoms with Crippen LogP contribution in [0.1, 0.15) is 40.0 Å². The zero-order valence-corrected chi connectivity index (χ0v) is 20.2. The number of hydrogen-bond acceptors (Lipinski definition) is 5. The predicted octanol–water partition coefficient (Wildman–Crippen LogP) is 4.37. The van der Waals surface area contributed by atoms with Crippen molar-refractivity contribution in [3.05, 3.63) is 83.9 Å². The zero-order valence-electron chi connectivity index (χ0n) is 19.4. The normalized spacial score (nSPS) is 14.2. The number of carbonyl (C=O) groups is 2. The van der Waals surface area contributed by atoms with Crippen molar-refractivity contribution in [2.24, 2.45) is 0 Å². The number of anilines is 2. The first-order chi connectivity index (χ1) is 16.9. The fourth-order valence-electron chi connectivity index (χ4n) is 3.84. The average Bonchev–Trinajstić information content (AvgIpc) is 2.90. The maximum absolute atomic E-state index is 12.9. The number of benzene rings is 3. The van der Waals surface area contributed by atoms with E-state index in [-0.39, 0.29) is 16.4 Å². The number of amides is 2. The van der Waals surface area contributed by atoms with Crippen LogP contribution in [0, 0.1) is 0 Å². The van der Waals surface area contributed by atoms with Crippen LogP contribution in [0.15, 0.2) is 77.7 Å². The quantitative estimate of drug-likeness (QED) is 0.508. The van der Waals surface area contributed by atoms with Crippen molar-refractivity contribution in [3.8, 4) is 5.75 Å². The van der Waals surface area contributed by atoms with Crippen molar-refractivity contribution in [1.82, 2.24) is 4.31 Å². The van der Waals surface area contributed by atoms with Crippen molar-refractivity contribution in [2.45, 2.75) is 24.2 Å². The number of rotatable bonds is 7. The highest BCUT2D eigenvalue weighted by molar-refractivity contribution is 7.89. The molecule has 35 heavy (non-hydrogen) atoms. The molecule has 1 saturated heterocycles. The Morgan fingerprint density at radius 3 is 1.94 bits per heavy atom. The molecular weight excluding hydrogens is 466 g/mol. The van der Waals surface area contributed by atoms with Gasteiger partial charge in [-0.1, -0.05) is 12.5 Å². The van der Waals surface area contributed by atoms with Crippen LogP contribution in [0.4, 0.5) is 11.4 Å². The molecule has 0 aliphatic carbocycles. The number of piperidine rings is 1. The lowest BCUT2D eigenvalue weighted by atomic mass is 10.1. The summed E-state index contributed by atoms with van der Waals surface area (Å²) in [4.78, 5) is 25.4. The summed E-state index contributed by atoms with van der Waals surface area (Å²) in [5, 5.41) is 5.55. The molecule has 0 saturated carbocycles. The molecule has 0 unspecified atom stereocenters. The predicted molar refractivity (Wildman–Crippen MR) is 134 cm³/mol. The zero-order chi connectivity index (χ0) is 24.8. The third-order valence-electron chi connectivity index (χ3n) is 5.80. The average molecular weight is 494 g/mol. The third-order valence-corrected chi connectivity index (χ3v) is 7.70. The summed E-state index contributed by atoms with van der Waals surface area (Å²) >= 11 is 0. The number of carbonyl (C=O) groups excluding carboxylic acids is 2. The van der Waals surface area contributed by atoms with Gasteiger partial charge in [0.1, 0.15) is 5.75 Å². The summed E-state index contributed by atoms with van der Waals surface area (Å²) in [6.45, 7) is 0.994. The van der Waals surface area contributed by atoms with E-state index >= 15 is 0 Å². The van der Waals surface area contributed by atoms with Gasteiger partial charge in [0, 0.05) is 35.6 Å². The van der Waals surface area contributed by atoms with Gasteiger partial charge in [-0.2, -0.15) is 4.31 Å². The number of methoxy groups -OCH3 is 1. The van der Waals surface area contributed by atoms with Crippen molar-refractivity contribution in [2.75, 3.05) is 30.8 Å². The molecule has 0 spiro atoms. The summed E-state index contributed by atoms with van der Waals surface area (Å²) in [5.41, 5.74) is 1.78. The topological polar surface area (TPSA) is 105 Å². The standard InChI is InChI=1S/C26H27N3O5S/c1-34-23-14-12-22(13-15-23)27-25(30)19-8-10-21(11-9-19)28-26(31)20-6-5-7-24(18-20)35(32,33)29-16-3-2-4-17-29/h5-15,18H,2-4,16-17H2,1H3,(H,27,30)(H,28,31). The molecule has 0 aromatic heterocycles. The maximum Gasteiger partial charge on any atom is 0.255 e. The van der Waals surface area contributed by atoms with Gasteiger partial charge in [0.2, 0.25) is 10.0 Å². The molecule has 9 heteroatoms. The highest BCUT2D eigenvalue weighted by Crippen LogP contribution is 2.22. The number of nitrogens with zero attached hydrogens (tertiary/aromatic N) is 1. The van der Waals surface area contributed by atoms with Crippen LogP contribution in [0.3, 0.4) is 0 Å². The highest BCUT2D eigenvalue weighted by atomic mass is 32.2. The van der Waals surface area contributed by atoms with Crippen LogP contribution >= 0.6 is 0 Å². The van der Waals surface area contributed by atoms with Crippen LogP contribution in [-0.4, -0.2) is 44.7 Å². The van der Waals surface area contributed by atoms with Gasteiger partial charge in [-0.05, 0) is 79.6 Å². The molecule has 1 aliphatic heterocycles. The van der Waals surface area contributed by atoms with Crippen molar-refractivity contribution < 1.29 is 22.7 Å². The lowest BCUT2D eigenvalue weighted by Crippen LogP contribution is -2.35. The van der Waals surface area contributed by atoms with Crippen LogP contribution in [0.5, 0.6) is 5.75 Å². The van der Waals surface area contributed by atoms with Gasteiger partial charge in [-0.15, -0.1) is 0 Å². The largest absolute Gasteiger partial charge is 0.497 e. The molecule has 2 N–H and O–H groups in total. The summed E-state index contributed by atoms with van der Waals surface area (Å²) < 4.78 is 32.5. The Bertz CT molecular complexity index is 1300. The molecule has 1 aliphatic rings. The first kappa shape index (κ1) is 24.4. The molecule has 2 amide bonds. The molecule has 0 radical (unpaired) electrons. The minimum atomic E-state index is -3.63. The summed E-state index contributed by atoms with van der Waals surface area (Å²) in [6.07, 6.45) is 2.71. The van der Waals surface area contributed by atoms with Gasteiger partial charge < -0.3 is 15.4 Å². The molecule has 1 heterocycles. The molecule has 0 atom stereocenters. The van der Waals surface area contributed by atoms with Crippen LogP contribution < -0.4 is 15.4 Å². The molecule has 8 nitrogen and oxygen atoms in total. The van der Waals surface area contributed by atoms with Gasteiger partial charge in [-0.25, -0.2) is 8.42 Å². The van der Waals surface area contributed by atoms with Gasteiger partial charge in [0.15, 0.2) is 0 Å². The van der Waals surface area contributed by atoms with Gasteiger partial charge in [-0.3, -0.25) is 9.59 Å². The molecule has 3 aromatic rings. The number of nitrogens with one attached hydrogen (secondary N) is 2. The van der Waals surface area contributed by atoms with E-state index in [1.165, 1.54) is 16.4 Å². The Balaban J connectivity index is 1.41. The monoisotopic (exact) mass is 493 g/mol. The lowest BCUT2D eigenvalue weighted by Gasteiger charge is -2.26. The summed E-state index contributed by atoms with van der Waals surface area (Å²) in [6, 6.07) is 19.5. The molecular formula is C26H27N3O5S. The van der Waals surface area contributed by atoms with Crippen LogP contribution in [0.25, 0.3) is 0 Å². The smallest absolute Gasteiger partial charge is 0.255 e. The van der Waals surface area contributed by atoms with E-state index in [0.29, 0.717) is 35.8 Å². The first-order valence-electron chi connectivity index (χ1n) is 11.3. The minimum absolute atomic E-state index is 0.109. The molecule has 1 fully saturated rings. The van der Waals surface area contributed by atoms with E-state index in [1.54, 1.807) is 67.8 Å². The minimum Gasteiger partial charge on any atom is -0.497 e. The Kier molecular flexibility index (Phi) is 7.48. The van der Waals surface area contributed by atoms with E-state index in [9.17, 15) is 18.0 Å². The fourth-order valence-corrected chi connectivity index (χ4v) is 5.40. The van der Waals surface area contributed by atoms with E-state index in [4.69, 9.17) is 4.74 Å². The van der Waals surface area contributed by atoms with Crippen LogP contribution in [-0.2, 0) is 10.0 Å². The second-order valence-electron chi connectivity index (χ2n) is 8.21. The van der Waals surface area contributed by atoms with E-state index in [0.717, 1.165) is 19.3 Å². The van der Waals surface area contributed by atoms with Gasteiger partial charge in [0.25, 0.3) is 11.8 Å².